The SMILES string of the molecule is Cc1ccc(F)c(C(=O)N(CCN(C)C)CC(=O)O)c1. The standard InChI is InChI=1S/C14H19FN2O3/c1-10-4-5-12(15)11(8-10)14(20)17(9-13(18)19)7-6-16(2)3/h4-5,8H,6-7,9H2,1-3H3,(H,18,19). The number of carbonyl (C=O) groups is 2. The molecule has 1 aromatic carbocycles. The van der Waals surface area contributed by atoms with Crippen molar-refractivity contribution in [1.82, 2.24) is 9.80 Å². The molecule has 0 saturated heterocycles. The summed E-state index contributed by atoms with van der Waals surface area (Å²) < 4.78 is 13.7. The zero-order valence-corrected chi connectivity index (χ0v) is 11.9. The van der Waals surface area contributed by atoms with Crippen LogP contribution in [0, 0.1) is 12.7 Å². The van der Waals surface area contributed by atoms with Crippen LogP contribution in [-0.4, -0.2) is 60.5 Å². The van der Waals surface area contributed by atoms with Gasteiger partial charge in [-0.25, -0.2) is 4.39 Å². The summed E-state index contributed by atoms with van der Waals surface area (Å²) in [5.41, 5.74) is 0.655. The van der Waals surface area contributed by atoms with Gasteiger partial charge >= 0.3 is 5.97 Å². The summed E-state index contributed by atoms with van der Waals surface area (Å²) in [7, 11) is 3.63. The topological polar surface area (TPSA) is 60.9 Å². The first-order chi connectivity index (χ1) is 9.31. The zero-order chi connectivity index (χ0) is 15.3. The van der Waals surface area contributed by atoms with E-state index >= 15 is 0 Å². The molecule has 0 aliphatic rings. The summed E-state index contributed by atoms with van der Waals surface area (Å²) in [6.07, 6.45) is 0. The number of carbonyl (C=O) groups excluding carboxylic acids is 1. The number of rotatable bonds is 6. The lowest BCUT2D eigenvalue weighted by molar-refractivity contribution is -0.137. The van der Waals surface area contributed by atoms with Crippen molar-refractivity contribution < 1.29 is 19.1 Å². The van der Waals surface area contributed by atoms with Crippen molar-refractivity contribution in [2.24, 2.45) is 0 Å². The molecule has 1 N–H and O–H groups in total. The first kappa shape index (κ1) is 16.1. The number of aliphatic carboxylic acids is 1. The Labute approximate surface area is 117 Å². The molecule has 1 amide bonds. The molecular formula is C14H19FN2O3. The molecule has 1 rings (SSSR count). The van der Waals surface area contributed by atoms with Crippen molar-refractivity contribution in [2.75, 3.05) is 33.7 Å². The second-order valence-electron chi connectivity index (χ2n) is 4.91. The minimum absolute atomic E-state index is 0.0926. The number of benzene rings is 1. The molecule has 0 heterocycles. The molecule has 20 heavy (non-hydrogen) atoms. The van der Waals surface area contributed by atoms with E-state index in [0.29, 0.717) is 6.54 Å². The number of nitrogens with zero attached hydrogens (tertiary/aromatic N) is 2. The van der Waals surface area contributed by atoms with Gasteiger partial charge < -0.3 is 14.9 Å². The van der Waals surface area contributed by atoms with Crippen LogP contribution in [0.5, 0.6) is 0 Å². The highest BCUT2D eigenvalue weighted by Crippen LogP contribution is 2.13. The van der Waals surface area contributed by atoms with Crippen LogP contribution in [0.2, 0.25) is 0 Å². The van der Waals surface area contributed by atoms with Gasteiger partial charge in [-0.05, 0) is 33.2 Å². The highest BCUT2D eigenvalue weighted by molar-refractivity contribution is 5.96. The van der Waals surface area contributed by atoms with Gasteiger partial charge in [0.1, 0.15) is 12.4 Å². The van der Waals surface area contributed by atoms with Crippen LogP contribution in [0.4, 0.5) is 4.39 Å². The van der Waals surface area contributed by atoms with Gasteiger partial charge in [0.05, 0.1) is 5.56 Å². The Morgan fingerprint density at radius 2 is 1.90 bits per heavy atom. The van der Waals surface area contributed by atoms with Gasteiger partial charge in [-0.3, -0.25) is 9.59 Å². The lowest BCUT2D eigenvalue weighted by Gasteiger charge is -2.23. The van der Waals surface area contributed by atoms with E-state index in [0.717, 1.165) is 10.5 Å². The number of likely N-dealkylation sites (N-methyl/N-ethyl adjacent to an activating group) is 1. The predicted molar refractivity (Wildman–Crippen MR) is 73.2 cm³/mol. The summed E-state index contributed by atoms with van der Waals surface area (Å²) >= 11 is 0. The number of hydrogen-bond acceptors (Lipinski definition) is 3. The summed E-state index contributed by atoms with van der Waals surface area (Å²) in [4.78, 5) is 26.1. The molecule has 6 heteroatoms. The molecule has 0 bridgehead atoms. The first-order valence-corrected chi connectivity index (χ1v) is 6.23. The van der Waals surface area contributed by atoms with Gasteiger partial charge in [-0.15, -0.1) is 0 Å². The number of aryl methyl sites for hydroxylation is 1. The number of halogens is 1. The molecule has 0 aliphatic heterocycles. The van der Waals surface area contributed by atoms with Crippen LogP contribution in [0.3, 0.4) is 0 Å². The molecule has 110 valence electrons. The quantitative estimate of drug-likeness (QED) is 0.852. The molecule has 1 aromatic rings. The molecule has 0 radical (unpaired) electrons. The van der Waals surface area contributed by atoms with Gasteiger partial charge in [-0.2, -0.15) is 0 Å². The third kappa shape index (κ3) is 4.62. The lowest BCUT2D eigenvalue weighted by atomic mass is 10.1. The summed E-state index contributed by atoms with van der Waals surface area (Å²) in [6, 6.07) is 4.21. The van der Waals surface area contributed by atoms with E-state index in [2.05, 4.69) is 0 Å². The van der Waals surface area contributed by atoms with Crippen molar-refractivity contribution in [1.29, 1.82) is 0 Å². The van der Waals surface area contributed by atoms with Gasteiger partial charge in [0.25, 0.3) is 5.91 Å². The minimum Gasteiger partial charge on any atom is -0.480 e. The van der Waals surface area contributed by atoms with E-state index in [4.69, 9.17) is 5.11 Å². The van der Waals surface area contributed by atoms with Gasteiger partial charge in [0.15, 0.2) is 0 Å². The summed E-state index contributed by atoms with van der Waals surface area (Å²) in [5.74, 6) is -2.36. The Hall–Kier alpha value is -1.95. The lowest BCUT2D eigenvalue weighted by Crippen LogP contribution is -2.40. The van der Waals surface area contributed by atoms with Crippen molar-refractivity contribution in [3.05, 3.63) is 35.1 Å². The third-order valence-electron chi connectivity index (χ3n) is 2.78. The predicted octanol–water partition coefficient (Wildman–Crippen LogP) is 1.22. The third-order valence-corrected chi connectivity index (χ3v) is 2.78. The normalized spacial score (nSPS) is 10.7. The highest BCUT2D eigenvalue weighted by Gasteiger charge is 2.21. The molecule has 0 atom stereocenters. The average molecular weight is 282 g/mol. The molecule has 0 saturated carbocycles. The van der Waals surface area contributed by atoms with Crippen LogP contribution in [0.25, 0.3) is 0 Å². The number of carboxylic acids is 1. The van der Waals surface area contributed by atoms with E-state index in [1.807, 2.05) is 19.0 Å². The number of amides is 1. The minimum atomic E-state index is -1.12. The van der Waals surface area contributed by atoms with Gasteiger partial charge in [-0.1, -0.05) is 11.6 Å². The smallest absolute Gasteiger partial charge is 0.323 e. The number of carboxylic acid groups (broad SMARTS) is 1. The van der Waals surface area contributed by atoms with Crippen LogP contribution < -0.4 is 0 Å². The molecular weight excluding hydrogens is 263 g/mol. The first-order valence-electron chi connectivity index (χ1n) is 6.23. The highest BCUT2D eigenvalue weighted by atomic mass is 19.1. The van der Waals surface area contributed by atoms with Crippen molar-refractivity contribution in [2.45, 2.75) is 6.92 Å². The Balaban J connectivity index is 2.96. The molecule has 0 unspecified atom stereocenters. The average Bonchev–Trinajstić information content (AvgIpc) is 2.36. The second-order valence-corrected chi connectivity index (χ2v) is 4.91. The molecule has 0 aliphatic carbocycles. The van der Waals surface area contributed by atoms with Crippen LogP contribution in [0.1, 0.15) is 15.9 Å². The van der Waals surface area contributed by atoms with Crippen molar-refractivity contribution in [3.8, 4) is 0 Å². The molecule has 5 nitrogen and oxygen atoms in total. The fourth-order valence-corrected chi connectivity index (χ4v) is 1.71. The monoisotopic (exact) mass is 282 g/mol. The molecule has 0 fully saturated rings. The van der Waals surface area contributed by atoms with E-state index in [-0.39, 0.29) is 12.1 Å². The van der Waals surface area contributed by atoms with E-state index in [1.54, 1.807) is 13.0 Å². The van der Waals surface area contributed by atoms with Crippen LogP contribution >= 0.6 is 0 Å². The van der Waals surface area contributed by atoms with E-state index < -0.39 is 24.2 Å². The second kappa shape index (κ2) is 7.00. The molecule has 0 spiro atoms. The van der Waals surface area contributed by atoms with E-state index in [1.165, 1.54) is 12.1 Å². The zero-order valence-electron chi connectivity index (χ0n) is 11.9. The Morgan fingerprint density at radius 1 is 1.25 bits per heavy atom. The maximum Gasteiger partial charge on any atom is 0.323 e. The van der Waals surface area contributed by atoms with Crippen molar-refractivity contribution in [3.63, 3.8) is 0 Å². The maximum atomic E-state index is 13.7. The van der Waals surface area contributed by atoms with Gasteiger partial charge in [0, 0.05) is 13.1 Å². The Bertz CT molecular complexity index is 503. The van der Waals surface area contributed by atoms with Crippen LogP contribution in [-0.2, 0) is 4.79 Å². The van der Waals surface area contributed by atoms with Crippen molar-refractivity contribution >= 4 is 11.9 Å². The Kier molecular flexibility index (Phi) is 5.64. The number of hydrogen-bond donors (Lipinski definition) is 1. The summed E-state index contributed by atoms with van der Waals surface area (Å²) in [5, 5.41) is 8.87. The van der Waals surface area contributed by atoms with Crippen LogP contribution in [0.15, 0.2) is 18.2 Å². The fourth-order valence-electron chi connectivity index (χ4n) is 1.71. The fraction of sp³-hybridized carbons (Fsp3) is 0.429. The Morgan fingerprint density at radius 3 is 2.45 bits per heavy atom. The largest absolute Gasteiger partial charge is 0.480 e. The summed E-state index contributed by atoms with van der Waals surface area (Å²) in [6.45, 7) is 2.04. The van der Waals surface area contributed by atoms with E-state index in [9.17, 15) is 14.0 Å². The van der Waals surface area contributed by atoms with Gasteiger partial charge in [0.2, 0.25) is 0 Å². The molecule has 0 aromatic heterocycles. The maximum absolute atomic E-state index is 13.7.